The molecule has 1 aromatic carbocycles. The second-order valence-corrected chi connectivity index (χ2v) is 6.28. The van der Waals surface area contributed by atoms with Crippen molar-refractivity contribution >= 4 is 6.41 Å². The van der Waals surface area contributed by atoms with E-state index in [0.29, 0.717) is 11.7 Å². The summed E-state index contributed by atoms with van der Waals surface area (Å²) in [6, 6.07) is 5.71. The van der Waals surface area contributed by atoms with Gasteiger partial charge in [0.2, 0.25) is 6.41 Å². The zero-order valence-corrected chi connectivity index (χ0v) is 11.4. The summed E-state index contributed by atoms with van der Waals surface area (Å²) in [7, 11) is 0. The number of piperidine rings is 1. The van der Waals surface area contributed by atoms with Gasteiger partial charge in [-0.25, -0.2) is 0 Å². The number of rotatable bonds is 1. The average molecular weight is 273 g/mol. The van der Waals surface area contributed by atoms with Crippen LogP contribution in [0.5, 0.6) is 11.5 Å². The fourth-order valence-corrected chi connectivity index (χ4v) is 4.60. The molecule has 1 saturated heterocycles. The molecule has 2 fully saturated rings. The minimum atomic E-state index is 0.00579. The Morgan fingerprint density at radius 3 is 3.15 bits per heavy atom. The van der Waals surface area contributed by atoms with Gasteiger partial charge in [0.15, 0.2) is 11.5 Å². The van der Waals surface area contributed by atoms with Gasteiger partial charge in [0.1, 0.15) is 6.10 Å². The van der Waals surface area contributed by atoms with Crippen molar-refractivity contribution in [3.05, 3.63) is 23.8 Å². The van der Waals surface area contributed by atoms with Crippen molar-refractivity contribution in [1.82, 2.24) is 4.90 Å². The number of likely N-dealkylation sites (tertiary alicyclic amines) is 1. The quantitative estimate of drug-likeness (QED) is 0.797. The maximum absolute atomic E-state index is 11.1. The molecule has 3 atom stereocenters. The lowest BCUT2D eigenvalue weighted by atomic mass is 9.58. The molecule has 1 spiro atoms. The van der Waals surface area contributed by atoms with Crippen LogP contribution in [0, 0.1) is 5.92 Å². The van der Waals surface area contributed by atoms with E-state index < -0.39 is 0 Å². The lowest BCUT2D eigenvalue weighted by molar-refractivity contribution is -0.122. The second-order valence-electron chi connectivity index (χ2n) is 6.28. The van der Waals surface area contributed by atoms with Gasteiger partial charge < -0.3 is 14.7 Å². The van der Waals surface area contributed by atoms with E-state index in [0.717, 1.165) is 50.7 Å². The van der Waals surface area contributed by atoms with Crippen LogP contribution in [0.2, 0.25) is 0 Å². The van der Waals surface area contributed by atoms with Crippen molar-refractivity contribution in [1.29, 1.82) is 0 Å². The Morgan fingerprint density at radius 1 is 1.40 bits per heavy atom. The topological polar surface area (TPSA) is 49.8 Å². The molecule has 1 amide bonds. The summed E-state index contributed by atoms with van der Waals surface area (Å²) in [4.78, 5) is 13.0. The van der Waals surface area contributed by atoms with E-state index in [1.54, 1.807) is 6.07 Å². The number of hydrogen-bond acceptors (Lipinski definition) is 3. The number of amides is 1. The number of nitrogens with zero attached hydrogens (tertiary/aromatic N) is 1. The summed E-state index contributed by atoms with van der Waals surface area (Å²) in [5.74, 6) is 1.38. The van der Waals surface area contributed by atoms with E-state index in [1.807, 2.05) is 11.0 Å². The molecule has 2 heterocycles. The van der Waals surface area contributed by atoms with Crippen LogP contribution in [0.25, 0.3) is 0 Å². The van der Waals surface area contributed by atoms with E-state index in [2.05, 4.69) is 6.07 Å². The first-order valence-corrected chi connectivity index (χ1v) is 7.44. The van der Waals surface area contributed by atoms with Gasteiger partial charge in [-0.2, -0.15) is 0 Å². The third kappa shape index (κ3) is 1.39. The van der Waals surface area contributed by atoms with Gasteiger partial charge in [0.05, 0.1) is 0 Å². The van der Waals surface area contributed by atoms with Crippen molar-refractivity contribution < 1.29 is 14.6 Å². The van der Waals surface area contributed by atoms with Crippen LogP contribution >= 0.6 is 0 Å². The molecule has 20 heavy (non-hydrogen) atoms. The fraction of sp³-hybridized carbons (Fsp3) is 0.562. The Bertz CT molecular complexity index is 559. The number of para-hydroxylation sites is 1. The largest absolute Gasteiger partial charge is 0.504 e. The molecule has 1 aliphatic carbocycles. The van der Waals surface area contributed by atoms with Crippen LogP contribution in [-0.2, 0) is 10.2 Å². The van der Waals surface area contributed by atoms with Gasteiger partial charge in [-0.05, 0) is 37.7 Å². The highest BCUT2D eigenvalue weighted by Gasteiger charge is 2.57. The number of phenols is 1. The molecule has 1 N–H and O–H groups in total. The third-order valence-electron chi connectivity index (χ3n) is 5.49. The Kier molecular flexibility index (Phi) is 2.50. The lowest BCUT2D eigenvalue weighted by Crippen LogP contribution is -2.56. The van der Waals surface area contributed by atoms with E-state index in [-0.39, 0.29) is 17.3 Å². The first kappa shape index (κ1) is 12.1. The Labute approximate surface area is 118 Å². The van der Waals surface area contributed by atoms with Gasteiger partial charge in [-0.3, -0.25) is 4.79 Å². The van der Waals surface area contributed by atoms with E-state index >= 15 is 0 Å². The van der Waals surface area contributed by atoms with Crippen molar-refractivity contribution in [3.8, 4) is 11.5 Å². The molecule has 4 heteroatoms. The SMILES string of the molecule is O=CN1CCC23c4cccc(O)c4OC2CCCC3C1. The highest BCUT2D eigenvalue weighted by atomic mass is 16.5. The fourth-order valence-electron chi connectivity index (χ4n) is 4.60. The number of fused-ring (bicyclic) bond motifs is 1. The standard InChI is InChI=1S/C16H19NO3/c18-10-17-8-7-16-11(9-17)3-1-6-14(16)20-15-12(16)4-2-5-13(15)19/h2,4-5,10-11,14,19H,1,3,6-9H2. The molecule has 0 bridgehead atoms. The minimum absolute atomic E-state index is 0.00579. The molecule has 0 radical (unpaired) electrons. The summed E-state index contributed by atoms with van der Waals surface area (Å²) in [6.07, 6.45) is 5.40. The molecule has 4 rings (SSSR count). The molecule has 3 aliphatic rings. The van der Waals surface area contributed by atoms with Gasteiger partial charge in [0.25, 0.3) is 0 Å². The van der Waals surface area contributed by atoms with Crippen LogP contribution in [0.1, 0.15) is 31.2 Å². The van der Waals surface area contributed by atoms with E-state index in [9.17, 15) is 9.90 Å². The highest BCUT2D eigenvalue weighted by molar-refractivity contribution is 5.55. The predicted octanol–water partition coefficient (Wildman–Crippen LogP) is 2.05. The number of hydrogen-bond donors (Lipinski definition) is 1. The lowest BCUT2D eigenvalue weighted by Gasteiger charge is -2.50. The maximum atomic E-state index is 11.1. The first-order valence-electron chi connectivity index (χ1n) is 7.44. The summed E-state index contributed by atoms with van der Waals surface area (Å²) < 4.78 is 6.11. The third-order valence-corrected chi connectivity index (χ3v) is 5.49. The molecule has 4 nitrogen and oxygen atoms in total. The van der Waals surface area contributed by atoms with Crippen molar-refractivity contribution in [2.45, 2.75) is 37.2 Å². The summed E-state index contributed by atoms with van der Waals surface area (Å²) in [5, 5.41) is 10.1. The zero-order chi connectivity index (χ0) is 13.7. The minimum Gasteiger partial charge on any atom is -0.504 e. The van der Waals surface area contributed by atoms with Gasteiger partial charge in [-0.1, -0.05) is 12.1 Å². The number of carbonyl (C=O) groups excluding carboxylic acids is 1. The van der Waals surface area contributed by atoms with Crippen LogP contribution in [-0.4, -0.2) is 35.6 Å². The van der Waals surface area contributed by atoms with E-state index in [4.69, 9.17) is 4.74 Å². The molecule has 2 aliphatic heterocycles. The van der Waals surface area contributed by atoms with Crippen LogP contribution in [0.3, 0.4) is 0 Å². The maximum Gasteiger partial charge on any atom is 0.209 e. The predicted molar refractivity (Wildman–Crippen MR) is 73.8 cm³/mol. The Hall–Kier alpha value is -1.71. The van der Waals surface area contributed by atoms with Crippen molar-refractivity contribution in [2.24, 2.45) is 5.92 Å². The molecule has 1 aromatic rings. The number of benzene rings is 1. The second kappa shape index (κ2) is 4.14. The summed E-state index contributed by atoms with van der Waals surface area (Å²) >= 11 is 0. The summed E-state index contributed by atoms with van der Waals surface area (Å²) in [5.41, 5.74) is 1.17. The molecular formula is C16H19NO3. The van der Waals surface area contributed by atoms with Gasteiger partial charge in [0, 0.05) is 24.1 Å². The zero-order valence-electron chi connectivity index (χ0n) is 11.4. The van der Waals surface area contributed by atoms with Crippen molar-refractivity contribution in [2.75, 3.05) is 13.1 Å². The Morgan fingerprint density at radius 2 is 2.30 bits per heavy atom. The summed E-state index contributed by atoms with van der Waals surface area (Å²) in [6.45, 7) is 1.60. The number of carbonyl (C=O) groups is 1. The van der Waals surface area contributed by atoms with Gasteiger partial charge >= 0.3 is 0 Å². The van der Waals surface area contributed by atoms with Crippen LogP contribution in [0.15, 0.2) is 18.2 Å². The number of phenolic OH excluding ortho intramolecular Hbond substituents is 1. The molecular weight excluding hydrogens is 254 g/mol. The first-order chi connectivity index (χ1) is 9.75. The number of aromatic hydroxyl groups is 1. The van der Waals surface area contributed by atoms with Crippen LogP contribution < -0.4 is 4.74 Å². The average Bonchev–Trinajstić information content (AvgIpc) is 2.81. The normalized spacial score (nSPS) is 34.7. The van der Waals surface area contributed by atoms with Crippen LogP contribution in [0.4, 0.5) is 0 Å². The van der Waals surface area contributed by atoms with E-state index in [1.165, 1.54) is 0 Å². The molecule has 106 valence electrons. The van der Waals surface area contributed by atoms with Gasteiger partial charge in [-0.15, -0.1) is 0 Å². The molecule has 1 saturated carbocycles. The molecule has 0 aromatic heterocycles. The highest BCUT2D eigenvalue weighted by Crippen LogP contribution is 2.58. The molecule has 3 unspecified atom stereocenters. The Balaban J connectivity index is 1.83. The smallest absolute Gasteiger partial charge is 0.209 e. The number of ether oxygens (including phenoxy) is 1. The monoisotopic (exact) mass is 273 g/mol. The van der Waals surface area contributed by atoms with Crippen molar-refractivity contribution in [3.63, 3.8) is 0 Å².